The number of fused-ring (bicyclic) bond motifs is 1. The quantitative estimate of drug-likeness (QED) is 0.301. The molecule has 0 bridgehead atoms. The van der Waals surface area contributed by atoms with Gasteiger partial charge in [0, 0.05) is 0 Å². The zero-order valence-corrected chi connectivity index (χ0v) is 20.1. The van der Waals surface area contributed by atoms with E-state index in [0.717, 1.165) is 11.1 Å². The van der Waals surface area contributed by atoms with Crippen LogP contribution >= 0.6 is 0 Å². The van der Waals surface area contributed by atoms with E-state index in [0.29, 0.717) is 5.06 Å². The number of aliphatic hydroxyl groups is 3. The lowest BCUT2D eigenvalue weighted by molar-refractivity contribution is -0.196. The summed E-state index contributed by atoms with van der Waals surface area (Å²) >= 11 is 0. The van der Waals surface area contributed by atoms with Crippen molar-refractivity contribution in [2.45, 2.75) is 37.6 Å². The largest absolute Gasteiger partial charge is 0.394 e. The topological polar surface area (TPSA) is 126 Å². The monoisotopic (exact) mass is 507 g/mol. The van der Waals surface area contributed by atoms with E-state index in [1.165, 1.54) is 12.1 Å². The van der Waals surface area contributed by atoms with Crippen molar-refractivity contribution in [3.05, 3.63) is 107 Å². The molecule has 2 amide bonds. The minimum Gasteiger partial charge on any atom is -0.394 e. The zero-order chi connectivity index (χ0) is 26.2. The van der Waals surface area contributed by atoms with Crippen molar-refractivity contribution in [2.75, 3.05) is 13.2 Å². The van der Waals surface area contributed by atoms with Crippen LogP contribution in [-0.2, 0) is 27.5 Å². The maximum Gasteiger partial charge on any atom is 0.285 e. The zero-order valence-electron chi connectivity index (χ0n) is 20.1. The Bertz CT molecular complexity index is 1140. The maximum absolute atomic E-state index is 12.6. The molecule has 0 aromatic heterocycles. The third-order valence-electron chi connectivity index (χ3n) is 5.97. The Morgan fingerprint density at radius 3 is 1.54 bits per heavy atom. The number of carbonyl (C=O) groups is 2. The Morgan fingerprint density at radius 2 is 1.08 bits per heavy atom. The molecule has 0 fully saturated rings. The molecule has 1 aliphatic rings. The molecule has 3 N–H and O–H groups in total. The number of aliphatic hydroxyl groups excluding tert-OH is 3. The average molecular weight is 508 g/mol. The van der Waals surface area contributed by atoms with Crippen LogP contribution in [0.1, 0.15) is 31.8 Å². The predicted octanol–water partition coefficient (Wildman–Crippen LogP) is 2.10. The second-order valence-electron chi connectivity index (χ2n) is 8.59. The molecule has 3 aromatic rings. The fourth-order valence-corrected chi connectivity index (χ4v) is 4.02. The Labute approximate surface area is 214 Å². The van der Waals surface area contributed by atoms with Crippen LogP contribution in [0.5, 0.6) is 0 Å². The number of rotatable bonds is 13. The first kappa shape index (κ1) is 26.6. The second kappa shape index (κ2) is 12.7. The maximum atomic E-state index is 12.6. The van der Waals surface area contributed by atoms with Crippen LogP contribution in [0.4, 0.5) is 0 Å². The highest BCUT2D eigenvalue weighted by atomic mass is 16.7. The Balaban J connectivity index is 1.49. The number of nitrogens with zero attached hydrogens (tertiary/aromatic N) is 1. The van der Waals surface area contributed by atoms with Crippen molar-refractivity contribution in [1.29, 1.82) is 0 Å². The van der Waals surface area contributed by atoms with E-state index in [4.69, 9.17) is 14.3 Å². The molecule has 0 spiro atoms. The van der Waals surface area contributed by atoms with E-state index in [1.807, 2.05) is 60.7 Å². The molecule has 4 atom stereocenters. The molecule has 0 radical (unpaired) electrons. The summed E-state index contributed by atoms with van der Waals surface area (Å²) in [5.74, 6) is -1.27. The minimum absolute atomic E-state index is 0.0684. The molecule has 1 heterocycles. The summed E-state index contributed by atoms with van der Waals surface area (Å²) in [5.41, 5.74) is 2.04. The van der Waals surface area contributed by atoms with Crippen molar-refractivity contribution in [3.63, 3.8) is 0 Å². The van der Waals surface area contributed by atoms with Gasteiger partial charge in [0.1, 0.15) is 31.0 Å². The first-order valence-electron chi connectivity index (χ1n) is 11.9. The van der Waals surface area contributed by atoms with Gasteiger partial charge in [0.05, 0.1) is 30.9 Å². The summed E-state index contributed by atoms with van der Waals surface area (Å²) in [6, 6.07) is 24.7. The summed E-state index contributed by atoms with van der Waals surface area (Å²) < 4.78 is 11.9. The summed E-state index contributed by atoms with van der Waals surface area (Å²) in [4.78, 5) is 30.7. The fourth-order valence-electron chi connectivity index (χ4n) is 4.02. The van der Waals surface area contributed by atoms with Crippen molar-refractivity contribution >= 4 is 11.8 Å². The van der Waals surface area contributed by atoms with Gasteiger partial charge in [-0.05, 0) is 23.3 Å². The van der Waals surface area contributed by atoms with Gasteiger partial charge in [0.15, 0.2) is 0 Å². The van der Waals surface area contributed by atoms with Crippen molar-refractivity contribution in [3.8, 4) is 0 Å². The van der Waals surface area contributed by atoms with Gasteiger partial charge < -0.3 is 24.8 Å². The standard InChI is InChI=1S/C28H29NO8/c30-15-23(31)25(35-16-19-9-3-1-4-10-19)26(36-17-20-11-5-2-6-12-20)24(32)18-37-29-27(33)21-13-7-8-14-22(21)28(29)34/h1-14,23-26,30-32H,15-18H2/t23-,24-,25-,26-/m1/s1. The van der Waals surface area contributed by atoms with E-state index >= 15 is 0 Å². The van der Waals surface area contributed by atoms with Crippen LogP contribution in [0.25, 0.3) is 0 Å². The van der Waals surface area contributed by atoms with E-state index in [1.54, 1.807) is 12.1 Å². The van der Waals surface area contributed by atoms with Gasteiger partial charge in [-0.1, -0.05) is 72.8 Å². The lowest BCUT2D eigenvalue weighted by atomic mass is 10.0. The number of hydrogen-bond donors (Lipinski definition) is 3. The highest BCUT2D eigenvalue weighted by Crippen LogP contribution is 2.24. The first-order chi connectivity index (χ1) is 18.0. The van der Waals surface area contributed by atoms with Gasteiger partial charge in [-0.2, -0.15) is 0 Å². The van der Waals surface area contributed by atoms with Gasteiger partial charge in [0.2, 0.25) is 0 Å². The Morgan fingerprint density at radius 1 is 0.649 bits per heavy atom. The molecule has 1 aliphatic heterocycles. The normalized spacial score (nSPS) is 16.4. The molecule has 0 unspecified atom stereocenters. The third-order valence-corrected chi connectivity index (χ3v) is 5.97. The van der Waals surface area contributed by atoms with Crippen LogP contribution in [0.15, 0.2) is 84.9 Å². The average Bonchev–Trinajstić information content (AvgIpc) is 3.18. The summed E-state index contributed by atoms with van der Waals surface area (Å²) in [6.07, 6.45) is -5.16. The summed E-state index contributed by atoms with van der Waals surface area (Å²) in [6.45, 7) is -0.996. The van der Waals surface area contributed by atoms with Gasteiger partial charge in [-0.3, -0.25) is 14.4 Å². The smallest absolute Gasteiger partial charge is 0.285 e. The van der Waals surface area contributed by atoms with Gasteiger partial charge >= 0.3 is 0 Å². The van der Waals surface area contributed by atoms with E-state index < -0.39 is 49.4 Å². The van der Waals surface area contributed by atoms with E-state index in [9.17, 15) is 24.9 Å². The number of carbonyl (C=O) groups excluding carboxylic acids is 2. The Hall–Kier alpha value is -3.44. The number of amides is 2. The minimum atomic E-state index is -1.44. The number of hydrogen-bond acceptors (Lipinski definition) is 8. The molecule has 9 heteroatoms. The predicted molar refractivity (Wildman–Crippen MR) is 132 cm³/mol. The highest BCUT2D eigenvalue weighted by Gasteiger charge is 2.39. The van der Waals surface area contributed by atoms with Gasteiger partial charge in [-0.15, -0.1) is 5.06 Å². The molecule has 194 valence electrons. The Kier molecular flexibility index (Phi) is 9.13. The SMILES string of the molecule is O=C1c2ccccc2C(=O)N1OC[C@@H](O)[C@@H](OCc1ccccc1)[C@H](OCc1ccccc1)[C@H](O)CO. The van der Waals surface area contributed by atoms with Crippen molar-refractivity contribution in [1.82, 2.24) is 5.06 Å². The van der Waals surface area contributed by atoms with Crippen LogP contribution < -0.4 is 0 Å². The van der Waals surface area contributed by atoms with Gasteiger partial charge in [0.25, 0.3) is 11.8 Å². The number of benzene rings is 3. The van der Waals surface area contributed by atoms with Gasteiger partial charge in [-0.25, -0.2) is 0 Å². The fraction of sp³-hybridized carbons (Fsp3) is 0.286. The molecule has 3 aromatic carbocycles. The van der Waals surface area contributed by atoms with Crippen molar-refractivity contribution < 1.29 is 39.2 Å². The molecule has 37 heavy (non-hydrogen) atoms. The molecule has 0 saturated carbocycles. The summed E-state index contributed by atoms with van der Waals surface area (Å²) in [5, 5.41) is 31.9. The van der Waals surface area contributed by atoms with E-state index in [-0.39, 0.29) is 24.3 Å². The highest BCUT2D eigenvalue weighted by molar-refractivity contribution is 6.20. The molecular formula is C28H29NO8. The van der Waals surface area contributed by atoms with Crippen LogP contribution in [0, 0.1) is 0 Å². The molecular weight excluding hydrogens is 478 g/mol. The number of ether oxygens (including phenoxy) is 2. The summed E-state index contributed by atoms with van der Waals surface area (Å²) in [7, 11) is 0. The lowest BCUT2D eigenvalue weighted by Crippen LogP contribution is -2.51. The third kappa shape index (κ3) is 6.47. The van der Waals surface area contributed by atoms with Crippen LogP contribution in [-0.4, -0.2) is 69.8 Å². The van der Waals surface area contributed by atoms with Crippen LogP contribution in [0.3, 0.4) is 0 Å². The number of imide groups is 1. The molecule has 0 saturated heterocycles. The van der Waals surface area contributed by atoms with Crippen LogP contribution in [0.2, 0.25) is 0 Å². The number of hydroxylamine groups is 2. The molecule has 4 rings (SSSR count). The first-order valence-corrected chi connectivity index (χ1v) is 11.9. The van der Waals surface area contributed by atoms with E-state index in [2.05, 4.69) is 0 Å². The lowest BCUT2D eigenvalue weighted by Gasteiger charge is -2.33. The second-order valence-corrected chi connectivity index (χ2v) is 8.59. The molecule has 0 aliphatic carbocycles. The van der Waals surface area contributed by atoms with Crippen molar-refractivity contribution in [2.24, 2.45) is 0 Å². The molecule has 9 nitrogen and oxygen atoms in total.